The Morgan fingerprint density at radius 3 is 1.84 bits per heavy atom. The average molecular weight is 932 g/mol. The summed E-state index contributed by atoms with van der Waals surface area (Å²) in [5, 5.41) is 83.9. The van der Waals surface area contributed by atoms with Crippen LogP contribution in [0.3, 0.4) is 0 Å². The monoisotopic (exact) mass is 930 g/mol. The van der Waals surface area contributed by atoms with E-state index in [-0.39, 0.29) is 96.3 Å². The SMILES string of the molecule is Cc1nn(-c2ccc(S(=O)(=O)[O-])cc2)c([O-])c1N=Nc1ccc(-c2ccc(N=Nc3cc([O-])c4c(N)c(SOO[O-])cc(S(=O)(=O)[O-])c4c3)c([O-])c2)cc1[O-].[Cu+2].[Cu+2]. The Kier molecular flexibility index (Phi) is 13.7. The van der Waals surface area contributed by atoms with E-state index in [1.54, 1.807) is 0 Å². The second-order valence-corrected chi connectivity index (χ2v) is 14.7. The fourth-order valence-electron chi connectivity index (χ4n) is 5.16. The van der Waals surface area contributed by atoms with Gasteiger partial charge in [-0.25, -0.2) is 21.5 Å². The van der Waals surface area contributed by atoms with Gasteiger partial charge in [-0.05, 0) is 78.0 Å². The Bertz CT molecular complexity index is 2790. The van der Waals surface area contributed by atoms with E-state index in [1.807, 2.05) is 0 Å². The molecule has 1 heterocycles. The van der Waals surface area contributed by atoms with Gasteiger partial charge in [0.05, 0.1) is 60.9 Å². The van der Waals surface area contributed by atoms with E-state index in [0.29, 0.717) is 11.1 Å². The molecule has 0 unspecified atom stereocenters. The van der Waals surface area contributed by atoms with Gasteiger partial charge >= 0.3 is 34.1 Å². The molecule has 6 aromatic rings. The van der Waals surface area contributed by atoms with Crippen LogP contribution < -0.4 is 31.4 Å². The molecule has 0 bridgehead atoms. The second-order valence-electron chi connectivity index (χ2n) is 11.2. The molecular formula is C32H18Cu2N7O13S3-3. The predicted octanol–water partition coefficient (Wildman–Crippen LogP) is 2.74. The second kappa shape index (κ2) is 17.6. The van der Waals surface area contributed by atoms with Crippen LogP contribution in [0, 0.1) is 6.92 Å². The van der Waals surface area contributed by atoms with Crippen LogP contribution in [0.15, 0.2) is 114 Å². The topological polar surface area (TPSA) is 341 Å². The maximum atomic E-state index is 12.9. The molecule has 0 saturated carbocycles. The maximum absolute atomic E-state index is 12.9. The van der Waals surface area contributed by atoms with E-state index in [9.17, 15) is 51.6 Å². The Morgan fingerprint density at radius 1 is 0.737 bits per heavy atom. The van der Waals surface area contributed by atoms with E-state index in [4.69, 9.17) is 5.73 Å². The number of benzene rings is 5. The molecule has 5 aromatic carbocycles. The van der Waals surface area contributed by atoms with Gasteiger partial charge < -0.3 is 40.5 Å². The smallest absolute Gasteiger partial charge is 0.872 e. The normalized spacial score (nSPS) is 11.9. The minimum absolute atomic E-state index is 0. The first-order chi connectivity index (χ1) is 26.0. The number of fused-ring (bicyclic) bond motifs is 1. The van der Waals surface area contributed by atoms with Crippen LogP contribution in [-0.2, 0) is 63.7 Å². The summed E-state index contributed by atoms with van der Waals surface area (Å²) in [6.45, 7) is 1.46. The van der Waals surface area contributed by atoms with Gasteiger partial charge in [-0.15, -0.1) is 5.11 Å². The molecule has 6 rings (SSSR count). The number of nitrogens with zero attached hydrogens (tertiary/aromatic N) is 6. The molecule has 2 N–H and O–H groups in total. The van der Waals surface area contributed by atoms with Gasteiger partial charge in [-0.1, -0.05) is 41.5 Å². The zero-order valence-electron chi connectivity index (χ0n) is 27.9. The first-order valence-electron chi connectivity index (χ1n) is 14.9. The first-order valence-corrected chi connectivity index (χ1v) is 18.5. The van der Waals surface area contributed by atoms with Crippen molar-refractivity contribution in [2.24, 2.45) is 20.5 Å². The summed E-state index contributed by atoms with van der Waals surface area (Å²) >= 11 is 0.181. The molecule has 2 radical (unpaired) electrons. The van der Waals surface area contributed by atoms with E-state index in [2.05, 4.69) is 34.9 Å². The average Bonchev–Trinajstić information content (AvgIpc) is 3.41. The zero-order chi connectivity index (χ0) is 39.8. The van der Waals surface area contributed by atoms with Crippen molar-refractivity contribution >= 4 is 71.5 Å². The third-order valence-electron chi connectivity index (χ3n) is 7.71. The number of aromatic nitrogens is 2. The van der Waals surface area contributed by atoms with Crippen LogP contribution in [0.5, 0.6) is 23.1 Å². The van der Waals surface area contributed by atoms with Crippen molar-refractivity contribution in [2.45, 2.75) is 21.6 Å². The van der Waals surface area contributed by atoms with E-state index < -0.39 is 58.5 Å². The third-order valence-corrected chi connectivity index (χ3v) is 10.1. The summed E-state index contributed by atoms with van der Waals surface area (Å²) in [4.78, 5) is -1.62. The van der Waals surface area contributed by atoms with Crippen molar-refractivity contribution in [3.63, 3.8) is 0 Å². The molecule has 25 heteroatoms. The number of nitrogen functional groups attached to an aromatic ring is 1. The fourth-order valence-corrected chi connectivity index (χ4v) is 6.86. The number of aryl methyl sites for hydroxylation is 1. The van der Waals surface area contributed by atoms with Crippen LogP contribution >= 0.6 is 12.0 Å². The fraction of sp³-hybridized carbons (Fsp3) is 0.0312. The third kappa shape index (κ3) is 9.53. The van der Waals surface area contributed by atoms with E-state index in [1.165, 1.54) is 49.4 Å². The number of nitrogens with two attached hydrogens (primary N) is 1. The molecule has 0 aliphatic carbocycles. The molecule has 0 saturated heterocycles. The van der Waals surface area contributed by atoms with Crippen molar-refractivity contribution in [2.75, 3.05) is 5.73 Å². The zero-order valence-corrected chi connectivity index (χ0v) is 32.2. The Labute approximate surface area is 346 Å². The molecule has 0 spiro atoms. The summed E-state index contributed by atoms with van der Waals surface area (Å²) in [5.41, 5.74) is 5.74. The summed E-state index contributed by atoms with van der Waals surface area (Å²) in [6, 6.07) is 15.1. The van der Waals surface area contributed by atoms with Gasteiger partial charge in [0.2, 0.25) is 0 Å². The van der Waals surface area contributed by atoms with Crippen LogP contribution in [0.1, 0.15) is 5.69 Å². The van der Waals surface area contributed by atoms with E-state index >= 15 is 0 Å². The summed E-state index contributed by atoms with van der Waals surface area (Å²) in [5.74, 6) is -2.87. The summed E-state index contributed by atoms with van der Waals surface area (Å²) in [6.07, 6.45) is 0. The number of anilines is 1. The quantitative estimate of drug-likeness (QED) is 0.0371. The first kappa shape index (κ1) is 44.6. The minimum atomic E-state index is -5.20. The van der Waals surface area contributed by atoms with Crippen molar-refractivity contribution in [3.05, 3.63) is 84.6 Å². The standard InChI is InChI=1S/C32H25N7O13S3.2Cu/c1-15-31(32(43)39(38-15)19-4-6-20(7-5-19)54(45,46)47)37-36-23-9-3-17(11-25(23)41)16-2-8-22(24(40)10-16)35-34-18-12-21-28(55(48,49)50)14-27(53-52-51-44)30(33)29(21)26(42)13-18;;/h2-14,40-44H,33H2,1H3,(H,45,46,47)(H,48,49,50);;/q;2*+2/p-7. The molecule has 0 aliphatic heterocycles. The Balaban J connectivity index is 0.00000360. The summed E-state index contributed by atoms with van der Waals surface area (Å²) in [7, 11) is -9.90. The molecule has 0 amide bonds. The van der Waals surface area contributed by atoms with Crippen molar-refractivity contribution < 1.29 is 95.1 Å². The maximum Gasteiger partial charge on any atom is 2.00 e. The number of hydrogen-bond acceptors (Lipinski definition) is 20. The van der Waals surface area contributed by atoms with Gasteiger partial charge in [0.1, 0.15) is 25.9 Å². The molecule has 20 nitrogen and oxygen atoms in total. The van der Waals surface area contributed by atoms with Gasteiger partial charge in [0.25, 0.3) is 0 Å². The van der Waals surface area contributed by atoms with Gasteiger partial charge in [0, 0.05) is 11.3 Å². The van der Waals surface area contributed by atoms with Crippen LogP contribution in [0.25, 0.3) is 27.6 Å². The van der Waals surface area contributed by atoms with Crippen molar-refractivity contribution in [1.29, 1.82) is 0 Å². The molecule has 1 aromatic heterocycles. The van der Waals surface area contributed by atoms with E-state index in [0.717, 1.165) is 41.1 Å². The Hall–Kier alpha value is -5.14. The minimum Gasteiger partial charge on any atom is -0.872 e. The van der Waals surface area contributed by atoms with Crippen molar-refractivity contribution in [1.82, 2.24) is 9.78 Å². The van der Waals surface area contributed by atoms with Crippen molar-refractivity contribution in [3.8, 4) is 39.9 Å². The summed E-state index contributed by atoms with van der Waals surface area (Å²) < 4.78 is 74.7. The molecular weight excluding hydrogens is 914 g/mol. The van der Waals surface area contributed by atoms with Crippen LogP contribution in [-0.4, -0.2) is 35.7 Å². The largest absolute Gasteiger partial charge is 2.00 e. The molecule has 0 aliphatic rings. The molecule has 0 fully saturated rings. The molecule has 302 valence electrons. The van der Waals surface area contributed by atoms with Gasteiger partial charge in [-0.3, -0.25) is 5.04 Å². The van der Waals surface area contributed by atoms with Crippen LogP contribution in [0.2, 0.25) is 0 Å². The van der Waals surface area contributed by atoms with Crippen LogP contribution in [0.4, 0.5) is 28.4 Å². The molecule has 0 atom stereocenters. The number of rotatable bonds is 11. The predicted molar refractivity (Wildman–Crippen MR) is 179 cm³/mol. The van der Waals surface area contributed by atoms with Gasteiger partial charge in [0.15, 0.2) is 0 Å². The Morgan fingerprint density at radius 2 is 1.32 bits per heavy atom. The number of azo groups is 2. The molecule has 57 heavy (non-hydrogen) atoms. The number of hydrogen-bond donors (Lipinski definition) is 1. The van der Waals surface area contributed by atoms with Gasteiger partial charge in [-0.2, -0.15) is 24.8 Å².